The summed E-state index contributed by atoms with van der Waals surface area (Å²) in [7, 11) is 0. The van der Waals surface area contributed by atoms with Gasteiger partial charge in [0.2, 0.25) is 0 Å². The second kappa shape index (κ2) is 15.7. The van der Waals surface area contributed by atoms with Crippen molar-refractivity contribution in [2.75, 3.05) is 0 Å². The number of hydrogen-bond donors (Lipinski definition) is 0. The molecular formula is C3H8Cl2NZr. The Morgan fingerprint density at radius 3 is 1.14 bits per heavy atom. The van der Waals surface area contributed by atoms with E-state index in [0.29, 0.717) is 0 Å². The van der Waals surface area contributed by atoms with E-state index in [2.05, 4.69) is 0 Å². The van der Waals surface area contributed by atoms with Gasteiger partial charge in [-0.1, -0.05) is 13.8 Å². The Kier molecular flexibility index (Phi) is 53.1. The summed E-state index contributed by atoms with van der Waals surface area (Å²) >= 11 is 0. The molecular weight excluding hydrogens is 212 g/mol. The zero-order valence-corrected chi connectivity index (χ0v) is 8.30. The van der Waals surface area contributed by atoms with Gasteiger partial charge in [-0.15, -0.1) is 6.04 Å². The molecule has 0 aromatic heterocycles. The van der Waals surface area contributed by atoms with Gasteiger partial charge in [0.25, 0.3) is 0 Å². The van der Waals surface area contributed by atoms with Crippen molar-refractivity contribution >= 4 is 0 Å². The molecule has 0 fully saturated rings. The molecule has 0 saturated heterocycles. The maximum atomic E-state index is 6.58. The molecule has 7 heavy (non-hydrogen) atoms. The van der Waals surface area contributed by atoms with Crippen LogP contribution in [0.25, 0.3) is 5.73 Å². The van der Waals surface area contributed by atoms with Crippen molar-refractivity contribution in [2.45, 2.75) is 19.9 Å². The van der Waals surface area contributed by atoms with E-state index in [9.17, 15) is 0 Å². The van der Waals surface area contributed by atoms with E-state index in [1.165, 1.54) is 0 Å². The molecule has 0 aliphatic rings. The fourth-order valence-corrected chi connectivity index (χ4v) is 0. The van der Waals surface area contributed by atoms with E-state index in [4.69, 9.17) is 5.73 Å². The number of halogens is 2. The van der Waals surface area contributed by atoms with Crippen LogP contribution in [-0.4, -0.2) is 6.04 Å². The van der Waals surface area contributed by atoms with Crippen molar-refractivity contribution < 1.29 is 51.0 Å². The van der Waals surface area contributed by atoms with Crippen molar-refractivity contribution in [3.63, 3.8) is 0 Å². The Hall–Kier alpha value is 1.42. The van der Waals surface area contributed by atoms with Gasteiger partial charge in [-0.25, -0.2) is 0 Å². The third-order valence-electron chi connectivity index (χ3n) is 0. The Morgan fingerprint density at radius 2 is 1.14 bits per heavy atom. The molecule has 0 rings (SSSR count). The average Bonchev–Trinajstić information content (AvgIpc) is 0.811. The SMILES string of the molecule is CC(C)[NH-].[Cl-].[Cl-].[Zr+3]. The summed E-state index contributed by atoms with van der Waals surface area (Å²) in [5, 5.41) is 0. The second-order valence-corrected chi connectivity index (χ2v) is 1.15. The monoisotopic (exact) mass is 218 g/mol. The van der Waals surface area contributed by atoms with Gasteiger partial charge in [-0.05, 0) is 0 Å². The molecule has 1 N–H and O–H groups in total. The van der Waals surface area contributed by atoms with Crippen LogP contribution in [0.4, 0.5) is 0 Å². The number of hydrogen-bond acceptors (Lipinski definition) is 0. The summed E-state index contributed by atoms with van der Waals surface area (Å²) in [5.41, 5.74) is 6.58. The molecule has 1 radical (unpaired) electrons. The zero-order valence-electron chi connectivity index (χ0n) is 4.33. The van der Waals surface area contributed by atoms with E-state index >= 15 is 0 Å². The number of nitrogens with one attached hydrogen (secondary N) is 1. The first-order valence-corrected chi connectivity index (χ1v) is 1.44. The fraction of sp³-hybridized carbons (Fsp3) is 1.00. The van der Waals surface area contributed by atoms with Crippen LogP contribution in [0.15, 0.2) is 0 Å². The molecule has 0 saturated carbocycles. The van der Waals surface area contributed by atoms with E-state index < -0.39 is 0 Å². The van der Waals surface area contributed by atoms with Crippen molar-refractivity contribution in [2.24, 2.45) is 0 Å². The van der Waals surface area contributed by atoms with Crippen LogP contribution in [0, 0.1) is 0 Å². The minimum Gasteiger partial charge on any atom is -1.00 e. The average molecular weight is 220 g/mol. The Morgan fingerprint density at radius 1 is 1.14 bits per heavy atom. The van der Waals surface area contributed by atoms with Crippen molar-refractivity contribution in [3.8, 4) is 0 Å². The Balaban J connectivity index is -0.0000000150. The predicted molar refractivity (Wildman–Crippen MR) is 19.5 cm³/mol. The third kappa shape index (κ3) is 108. The van der Waals surface area contributed by atoms with Gasteiger partial charge in [0.1, 0.15) is 0 Å². The molecule has 0 aliphatic heterocycles. The van der Waals surface area contributed by atoms with Gasteiger partial charge in [0, 0.05) is 0 Å². The molecule has 0 aromatic rings. The van der Waals surface area contributed by atoms with Gasteiger partial charge < -0.3 is 30.5 Å². The topological polar surface area (TPSA) is 23.8 Å². The summed E-state index contributed by atoms with van der Waals surface area (Å²) in [5.74, 6) is 0. The fourth-order valence-electron chi connectivity index (χ4n) is 0. The Bertz CT molecular complexity index is 17.7. The minimum absolute atomic E-state index is 0. The minimum atomic E-state index is 0. The smallest absolute Gasteiger partial charge is 1.00 e. The van der Waals surface area contributed by atoms with E-state index in [0.717, 1.165) is 0 Å². The predicted octanol–water partition coefficient (Wildman–Crippen LogP) is -4.55. The van der Waals surface area contributed by atoms with Gasteiger partial charge in [0.05, 0.1) is 0 Å². The van der Waals surface area contributed by atoms with E-state index in [1.807, 2.05) is 13.8 Å². The van der Waals surface area contributed by atoms with Crippen LogP contribution in [-0.2, 0) is 26.2 Å². The van der Waals surface area contributed by atoms with Crippen LogP contribution in [0.1, 0.15) is 13.8 Å². The molecule has 0 amide bonds. The summed E-state index contributed by atoms with van der Waals surface area (Å²) in [6.07, 6.45) is 0. The summed E-state index contributed by atoms with van der Waals surface area (Å²) in [4.78, 5) is 0. The summed E-state index contributed by atoms with van der Waals surface area (Å²) in [6, 6.07) is 0.0833. The zero-order chi connectivity index (χ0) is 3.58. The molecule has 0 unspecified atom stereocenters. The third-order valence-corrected chi connectivity index (χ3v) is 0. The van der Waals surface area contributed by atoms with Gasteiger partial charge in [-0.2, -0.15) is 0 Å². The normalized spacial score (nSPS) is 5.14. The summed E-state index contributed by atoms with van der Waals surface area (Å²) < 4.78 is 0. The molecule has 0 bridgehead atoms. The first-order chi connectivity index (χ1) is 1.73. The molecule has 0 aliphatic carbocycles. The first-order valence-electron chi connectivity index (χ1n) is 1.44. The maximum Gasteiger partial charge on any atom is 3.00 e. The van der Waals surface area contributed by atoms with Crippen LogP contribution in [0.3, 0.4) is 0 Å². The molecule has 0 heterocycles. The van der Waals surface area contributed by atoms with Gasteiger partial charge in [-0.3, -0.25) is 0 Å². The van der Waals surface area contributed by atoms with E-state index in [1.54, 1.807) is 0 Å². The summed E-state index contributed by atoms with van der Waals surface area (Å²) in [6.45, 7) is 3.67. The van der Waals surface area contributed by atoms with Crippen molar-refractivity contribution in [1.29, 1.82) is 0 Å². The van der Waals surface area contributed by atoms with Crippen molar-refractivity contribution in [1.82, 2.24) is 0 Å². The van der Waals surface area contributed by atoms with E-state index in [-0.39, 0.29) is 57.1 Å². The molecule has 0 aromatic carbocycles. The largest absolute Gasteiger partial charge is 3.00 e. The van der Waals surface area contributed by atoms with Crippen LogP contribution in [0.2, 0.25) is 0 Å². The van der Waals surface area contributed by atoms with Crippen LogP contribution >= 0.6 is 0 Å². The Labute approximate surface area is 76.4 Å². The van der Waals surface area contributed by atoms with Gasteiger partial charge >= 0.3 is 26.2 Å². The first kappa shape index (κ1) is 23.7. The van der Waals surface area contributed by atoms with Crippen LogP contribution in [0.5, 0.6) is 0 Å². The molecule has 43 valence electrons. The number of rotatable bonds is 0. The van der Waals surface area contributed by atoms with Crippen molar-refractivity contribution in [3.05, 3.63) is 5.73 Å². The molecule has 0 atom stereocenters. The molecule has 4 heteroatoms. The second-order valence-electron chi connectivity index (χ2n) is 1.15. The quantitative estimate of drug-likeness (QED) is 0.393. The van der Waals surface area contributed by atoms with Crippen LogP contribution < -0.4 is 24.8 Å². The van der Waals surface area contributed by atoms with Gasteiger partial charge in [0.15, 0.2) is 0 Å². The standard InChI is InChI=1S/C3H8N.2ClH.Zr/c1-3(2)4;;;/h3-4H,1-2H3;2*1H;/q-1;;;+3/p-2. The molecule has 0 spiro atoms. The maximum absolute atomic E-state index is 6.58. The molecule has 1 nitrogen and oxygen atoms in total.